The summed E-state index contributed by atoms with van der Waals surface area (Å²) < 4.78 is 5.54. The Morgan fingerprint density at radius 2 is 1.57 bits per heavy atom. The number of benzene rings is 3. The first-order valence-electron chi connectivity index (χ1n) is 19.4. The summed E-state index contributed by atoms with van der Waals surface area (Å²) in [6.45, 7) is 10.9. The number of fused-ring (bicyclic) bond motifs is 1. The lowest BCUT2D eigenvalue weighted by Gasteiger charge is -2.48. The Labute approximate surface area is 315 Å². The number of rotatable bonds is 9. The van der Waals surface area contributed by atoms with Gasteiger partial charge in [0.15, 0.2) is 0 Å². The van der Waals surface area contributed by atoms with E-state index in [1.807, 2.05) is 19.9 Å². The Bertz CT molecular complexity index is 2140. The maximum Gasteiger partial charge on any atom is 0.262 e. The van der Waals surface area contributed by atoms with E-state index in [0.29, 0.717) is 29.0 Å². The fourth-order valence-corrected chi connectivity index (χ4v) is 9.04. The van der Waals surface area contributed by atoms with E-state index in [-0.39, 0.29) is 18.7 Å². The number of likely N-dealkylation sites (tertiary alicyclic amines) is 1. The van der Waals surface area contributed by atoms with Crippen LogP contribution in [0.15, 0.2) is 65.2 Å². The van der Waals surface area contributed by atoms with Crippen LogP contribution in [-0.2, 0) is 9.59 Å². The second kappa shape index (κ2) is 13.5. The largest absolute Gasteiger partial charge is 0.371 e. The quantitative estimate of drug-likeness (QED) is 0.199. The number of aromatic nitrogens is 1. The van der Waals surface area contributed by atoms with Crippen molar-refractivity contribution in [3.05, 3.63) is 94.4 Å². The lowest BCUT2D eigenvalue weighted by molar-refractivity contribution is -0.136. The van der Waals surface area contributed by atoms with Gasteiger partial charge in [-0.25, -0.2) is 0 Å². The molecule has 0 radical (unpaired) electrons. The molecule has 5 aliphatic rings. The van der Waals surface area contributed by atoms with Gasteiger partial charge in [0.1, 0.15) is 11.8 Å². The number of carbonyl (C=O) groups excluding carboxylic acids is 4. The number of anilines is 3. The topological polar surface area (TPSA) is 119 Å². The van der Waals surface area contributed by atoms with E-state index in [1.165, 1.54) is 35.3 Å². The molecular weight excluding hydrogens is 681 g/mol. The molecule has 4 aliphatic heterocycles. The zero-order valence-electron chi connectivity index (χ0n) is 31.1. The molecule has 5 heterocycles. The summed E-state index contributed by atoms with van der Waals surface area (Å²) in [7, 11) is 0. The van der Waals surface area contributed by atoms with Crippen LogP contribution in [-0.4, -0.2) is 83.4 Å². The van der Waals surface area contributed by atoms with Crippen molar-refractivity contribution < 1.29 is 23.7 Å². The fourth-order valence-electron chi connectivity index (χ4n) is 9.04. The van der Waals surface area contributed by atoms with Gasteiger partial charge in [-0.05, 0) is 118 Å². The number of carbonyl (C=O) groups is 4. The van der Waals surface area contributed by atoms with Gasteiger partial charge in [0.05, 0.1) is 22.9 Å². The number of piperidine rings is 2. The van der Waals surface area contributed by atoms with Crippen LogP contribution in [0, 0.1) is 26.7 Å². The summed E-state index contributed by atoms with van der Waals surface area (Å²) in [5.74, 6) is 0.205. The summed E-state index contributed by atoms with van der Waals surface area (Å²) in [6, 6.07) is 20.8. The molecule has 1 atom stereocenters. The first-order valence-corrected chi connectivity index (χ1v) is 19.4. The molecule has 1 aliphatic carbocycles. The Morgan fingerprint density at radius 3 is 2.26 bits per heavy atom. The Balaban J connectivity index is 0.857. The van der Waals surface area contributed by atoms with Crippen molar-refractivity contribution in [1.29, 1.82) is 0 Å². The third-order valence-corrected chi connectivity index (χ3v) is 12.2. The van der Waals surface area contributed by atoms with Gasteiger partial charge in [0.25, 0.3) is 11.8 Å². The maximum atomic E-state index is 13.4. The lowest BCUT2D eigenvalue weighted by Crippen LogP contribution is -2.59. The maximum absolute atomic E-state index is 13.4. The van der Waals surface area contributed by atoms with Gasteiger partial charge in [-0.3, -0.25) is 34.3 Å². The zero-order valence-corrected chi connectivity index (χ0v) is 31.1. The molecule has 4 aromatic rings. The molecule has 278 valence electrons. The van der Waals surface area contributed by atoms with E-state index in [4.69, 9.17) is 4.52 Å². The van der Waals surface area contributed by atoms with Crippen molar-refractivity contribution >= 4 is 40.7 Å². The van der Waals surface area contributed by atoms with Crippen molar-refractivity contribution in [2.45, 2.75) is 77.3 Å². The molecule has 54 heavy (non-hydrogen) atoms. The average Bonchev–Trinajstić information content (AvgIpc) is 3.91. The van der Waals surface area contributed by atoms with Gasteiger partial charge in [-0.1, -0.05) is 29.4 Å². The summed E-state index contributed by atoms with van der Waals surface area (Å²) in [4.78, 5) is 59.2. The van der Waals surface area contributed by atoms with Crippen LogP contribution < -0.4 is 15.1 Å². The lowest BCUT2D eigenvalue weighted by atomic mass is 9.93. The summed E-state index contributed by atoms with van der Waals surface area (Å²) in [5.41, 5.74) is 9.78. The van der Waals surface area contributed by atoms with E-state index in [9.17, 15) is 19.2 Å². The molecule has 1 aromatic heterocycles. The second-order valence-corrected chi connectivity index (χ2v) is 15.9. The molecule has 3 saturated heterocycles. The number of nitrogens with one attached hydrogen (secondary N) is 1. The summed E-state index contributed by atoms with van der Waals surface area (Å²) >= 11 is 0. The average molecular weight is 727 g/mol. The first kappa shape index (κ1) is 34.5. The molecule has 11 nitrogen and oxygen atoms in total. The van der Waals surface area contributed by atoms with E-state index in [2.05, 4.69) is 74.6 Å². The Kier molecular flexibility index (Phi) is 8.64. The summed E-state index contributed by atoms with van der Waals surface area (Å²) in [5, 5.41) is 6.49. The van der Waals surface area contributed by atoms with E-state index in [0.717, 1.165) is 78.7 Å². The SMILES string of the molecule is Cc1ccc(-c2c(C)noc2C)cc1N(c1ccc(C2CC2)cc1)C1CN(CC2CCN(c3ccc4c(c3)C(=O)N(C3CCC(=O)NC3=O)C4=O)CC2)C1. The van der Waals surface area contributed by atoms with E-state index < -0.39 is 23.8 Å². The van der Waals surface area contributed by atoms with Gasteiger partial charge in [-0.15, -0.1) is 0 Å². The number of amides is 4. The van der Waals surface area contributed by atoms with Crippen LogP contribution in [0.4, 0.5) is 17.1 Å². The van der Waals surface area contributed by atoms with Crippen molar-refractivity contribution in [1.82, 2.24) is 20.3 Å². The molecule has 0 spiro atoms. The minimum absolute atomic E-state index is 0.104. The van der Waals surface area contributed by atoms with Crippen molar-refractivity contribution in [3.63, 3.8) is 0 Å². The predicted octanol–water partition coefficient (Wildman–Crippen LogP) is 6.28. The van der Waals surface area contributed by atoms with Crippen LogP contribution in [0.1, 0.15) is 87.7 Å². The number of hydrogen-bond acceptors (Lipinski definition) is 9. The first-order chi connectivity index (χ1) is 26.1. The van der Waals surface area contributed by atoms with E-state index >= 15 is 0 Å². The van der Waals surface area contributed by atoms with Gasteiger partial charge in [0.2, 0.25) is 11.8 Å². The molecule has 3 aromatic carbocycles. The normalized spacial score (nSPS) is 21.1. The zero-order chi connectivity index (χ0) is 37.2. The van der Waals surface area contributed by atoms with Crippen LogP contribution >= 0.6 is 0 Å². The Morgan fingerprint density at radius 1 is 0.833 bits per heavy atom. The molecule has 4 amide bonds. The highest BCUT2D eigenvalue weighted by molar-refractivity contribution is 6.23. The van der Waals surface area contributed by atoms with Crippen LogP contribution in [0.3, 0.4) is 0 Å². The minimum atomic E-state index is -0.960. The standard InChI is InChI=1S/C43H46N6O5/c1-25-4-5-31(40-26(2)45-54-27(40)3)20-38(25)48(32-10-8-30(9-11-32)29-6-7-29)34-23-46(24-34)22-28-16-18-47(19-17-28)33-12-13-35-36(21-33)43(53)49(42(35)52)37-14-15-39(50)44-41(37)51/h4-5,8-13,20-21,28-29,34,37H,6-7,14-19,22-24H2,1-3H3,(H,44,50,51). The Hall–Kier alpha value is -5.29. The molecule has 1 unspecified atom stereocenters. The number of nitrogens with zero attached hydrogens (tertiary/aromatic N) is 5. The van der Waals surface area contributed by atoms with Crippen LogP contribution in [0.25, 0.3) is 11.1 Å². The third kappa shape index (κ3) is 6.18. The minimum Gasteiger partial charge on any atom is -0.371 e. The molecule has 0 bridgehead atoms. The van der Waals surface area contributed by atoms with Gasteiger partial charge < -0.3 is 14.3 Å². The summed E-state index contributed by atoms with van der Waals surface area (Å²) in [6.07, 6.45) is 4.91. The number of aryl methyl sites for hydroxylation is 3. The molecular formula is C43H46N6O5. The highest BCUT2D eigenvalue weighted by Crippen LogP contribution is 2.43. The van der Waals surface area contributed by atoms with Gasteiger partial charge in [0, 0.05) is 61.8 Å². The smallest absolute Gasteiger partial charge is 0.262 e. The highest BCUT2D eigenvalue weighted by Gasteiger charge is 2.45. The monoisotopic (exact) mass is 726 g/mol. The third-order valence-electron chi connectivity index (χ3n) is 12.2. The van der Waals surface area contributed by atoms with Crippen molar-refractivity contribution in [3.8, 4) is 11.1 Å². The van der Waals surface area contributed by atoms with Crippen LogP contribution in [0.5, 0.6) is 0 Å². The second-order valence-electron chi connectivity index (χ2n) is 15.9. The van der Waals surface area contributed by atoms with Crippen molar-refractivity contribution in [2.24, 2.45) is 5.92 Å². The van der Waals surface area contributed by atoms with E-state index in [1.54, 1.807) is 12.1 Å². The van der Waals surface area contributed by atoms with Crippen LogP contribution in [0.2, 0.25) is 0 Å². The molecule has 1 N–H and O–H groups in total. The molecule has 4 fully saturated rings. The predicted molar refractivity (Wildman–Crippen MR) is 205 cm³/mol. The van der Waals surface area contributed by atoms with Crippen molar-refractivity contribution in [2.75, 3.05) is 42.5 Å². The van der Waals surface area contributed by atoms with Gasteiger partial charge >= 0.3 is 0 Å². The number of imide groups is 2. The molecule has 11 heteroatoms. The molecule has 9 rings (SSSR count). The molecule has 1 saturated carbocycles. The number of hydrogen-bond donors (Lipinski definition) is 1. The fraction of sp³-hybridized carbons (Fsp3) is 0.419. The van der Waals surface area contributed by atoms with Gasteiger partial charge in [-0.2, -0.15) is 0 Å². The highest BCUT2D eigenvalue weighted by atomic mass is 16.5.